The molecule has 0 bridgehead atoms. The zero-order valence-electron chi connectivity index (χ0n) is 13.2. The highest BCUT2D eigenvalue weighted by Crippen LogP contribution is 2.31. The molecule has 3 rings (SSSR count). The molecule has 1 aromatic heterocycles. The molecule has 0 saturated carbocycles. The topological polar surface area (TPSA) is 74.7 Å². The summed E-state index contributed by atoms with van der Waals surface area (Å²) in [6.07, 6.45) is 4.29. The average Bonchev–Trinajstić information content (AvgIpc) is 3.16. The highest BCUT2D eigenvalue weighted by atomic mass is 35.5. The minimum atomic E-state index is -0.120. The third kappa shape index (κ3) is 3.83. The van der Waals surface area contributed by atoms with Gasteiger partial charge >= 0.3 is 0 Å². The molecule has 2 unspecified atom stereocenters. The lowest BCUT2D eigenvalue weighted by Gasteiger charge is -2.20. The van der Waals surface area contributed by atoms with Gasteiger partial charge in [-0.1, -0.05) is 23.4 Å². The van der Waals surface area contributed by atoms with E-state index in [-0.39, 0.29) is 24.6 Å². The molecule has 2 N–H and O–H groups in total. The Balaban J connectivity index is 0.00000192. The second-order valence-electron chi connectivity index (χ2n) is 5.43. The number of nitrogens with zero attached hydrogens (tertiary/aromatic N) is 3. The van der Waals surface area contributed by atoms with Crippen molar-refractivity contribution in [1.29, 1.82) is 0 Å². The van der Waals surface area contributed by atoms with Crippen LogP contribution < -0.4 is 10.5 Å². The maximum Gasteiger partial charge on any atom is 0.169 e. The first-order valence-corrected chi connectivity index (χ1v) is 7.33. The Morgan fingerprint density at radius 2 is 2.22 bits per heavy atom. The number of nitrogens with two attached hydrogens (primary N) is 1. The molecule has 6 nitrogen and oxygen atoms in total. The van der Waals surface area contributed by atoms with Gasteiger partial charge in [-0.15, -0.1) is 12.4 Å². The zero-order chi connectivity index (χ0) is 15.5. The predicted octanol–water partition coefficient (Wildman–Crippen LogP) is 2.38. The Bertz CT molecular complexity index is 686. The maximum atomic E-state index is 6.11. The number of hydrogen-bond acceptors (Lipinski definition) is 5. The Labute approximate surface area is 141 Å². The quantitative estimate of drug-likeness (QED) is 0.909. The van der Waals surface area contributed by atoms with E-state index in [1.165, 1.54) is 0 Å². The van der Waals surface area contributed by atoms with Crippen LogP contribution in [-0.4, -0.2) is 34.2 Å². The fourth-order valence-corrected chi connectivity index (χ4v) is 2.47. The van der Waals surface area contributed by atoms with Gasteiger partial charge in [0.2, 0.25) is 0 Å². The van der Waals surface area contributed by atoms with Gasteiger partial charge in [0.15, 0.2) is 6.10 Å². The van der Waals surface area contributed by atoms with Crippen LogP contribution in [0.15, 0.2) is 41.8 Å². The summed E-state index contributed by atoms with van der Waals surface area (Å²) >= 11 is 0. The number of para-hydroxylation sites is 1. The van der Waals surface area contributed by atoms with Gasteiger partial charge in [-0.25, -0.2) is 0 Å². The van der Waals surface area contributed by atoms with Gasteiger partial charge in [-0.05, 0) is 13.0 Å². The van der Waals surface area contributed by atoms with E-state index in [9.17, 15) is 0 Å². The van der Waals surface area contributed by atoms with Crippen molar-refractivity contribution >= 4 is 18.1 Å². The van der Waals surface area contributed by atoms with E-state index in [4.69, 9.17) is 15.3 Å². The third-order valence-electron chi connectivity index (χ3n) is 3.73. The summed E-state index contributed by atoms with van der Waals surface area (Å²) in [7, 11) is 1.90. The molecule has 0 radical (unpaired) electrons. The number of aromatic nitrogens is 2. The van der Waals surface area contributed by atoms with Crippen molar-refractivity contribution in [3.05, 3.63) is 36.7 Å². The second kappa shape index (κ2) is 7.48. The molecule has 2 heterocycles. The molecule has 0 fully saturated rings. The number of hydrogen-bond donors (Lipinski definition) is 1. The highest BCUT2D eigenvalue weighted by molar-refractivity contribution is 5.87. The molecular formula is C16H21ClN4O2. The van der Waals surface area contributed by atoms with Gasteiger partial charge in [-0.3, -0.25) is 4.68 Å². The van der Waals surface area contributed by atoms with Gasteiger partial charge in [0.25, 0.3) is 0 Å². The van der Waals surface area contributed by atoms with Crippen molar-refractivity contribution in [3.63, 3.8) is 0 Å². The Kier molecular flexibility index (Phi) is 5.63. The summed E-state index contributed by atoms with van der Waals surface area (Å²) in [5.74, 6) is 0.813. The van der Waals surface area contributed by atoms with Gasteiger partial charge in [0.1, 0.15) is 11.9 Å². The average molecular weight is 337 g/mol. The first-order chi connectivity index (χ1) is 10.7. The summed E-state index contributed by atoms with van der Waals surface area (Å²) in [4.78, 5) is 5.41. The van der Waals surface area contributed by atoms with Gasteiger partial charge < -0.3 is 15.3 Å². The molecule has 1 aromatic carbocycles. The normalized spacial score (nSPS) is 17.9. The SMILES string of the molecule is CC(Oc1ccccc1-c1cnn(C)c1)C1CC(CN)=NO1.Cl. The van der Waals surface area contributed by atoms with Crippen LogP contribution in [0, 0.1) is 0 Å². The lowest BCUT2D eigenvalue weighted by molar-refractivity contribution is 0.00426. The molecule has 2 atom stereocenters. The molecule has 7 heteroatoms. The van der Waals surface area contributed by atoms with Crippen LogP contribution in [0.4, 0.5) is 0 Å². The van der Waals surface area contributed by atoms with Crippen LogP contribution in [0.25, 0.3) is 11.1 Å². The summed E-state index contributed by atoms with van der Waals surface area (Å²) in [6, 6.07) is 7.93. The zero-order valence-corrected chi connectivity index (χ0v) is 14.0. The van der Waals surface area contributed by atoms with E-state index in [0.29, 0.717) is 13.0 Å². The van der Waals surface area contributed by atoms with Crippen LogP contribution in [0.5, 0.6) is 5.75 Å². The highest BCUT2D eigenvalue weighted by Gasteiger charge is 2.28. The van der Waals surface area contributed by atoms with Crippen LogP contribution in [0.1, 0.15) is 13.3 Å². The van der Waals surface area contributed by atoms with E-state index in [2.05, 4.69) is 10.3 Å². The Hall–Kier alpha value is -2.05. The fourth-order valence-electron chi connectivity index (χ4n) is 2.47. The first-order valence-electron chi connectivity index (χ1n) is 7.33. The molecule has 1 aliphatic rings. The van der Waals surface area contributed by atoms with Crippen LogP contribution in [0.2, 0.25) is 0 Å². The lowest BCUT2D eigenvalue weighted by Crippen LogP contribution is -2.30. The third-order valence-corrected chi connectivity index (χ3v) is 3.73. The standard InChI is InChI=1S/C16H20N4O2.ClH/c1-11(16-7-13(8-17)19-22-16)21-15-6-4-3-5-14(15)12-9-18-20(2)10-12;/h3-6,9-11,16H,7-8,17H2,1-2H3;1H. The van der Waals surface area contributed by atoms with Crippen LogP contribution in [0.3, 0.4) is 0 Å². The number of benzene rings is 1. The second-order valence-corrected chi connectivity index (χ2v) is 5.43. The van der Waals surface area contributed by atoms with E-state index in [1.807, 2.05) is 50.6 Å². The van der Waals surface area contributed by atoms with Crippen LogP contribution >= 0.6 is 12.4 Å². The van der Waals surface area contributed by atoms with Gasteiger partial charge in [0, 0.05) is 37.3 Å². The molecule has 23 heavy (non-hydrogen) atoms. The van der Waals surface area contributed by atoms with E-state index in [0.717, 1.165) is 22.6 Å². The van der Waals surface area contributed by atoms with Crippen molar-refractivity contribution in [1.82, 2.24) is 9.78 Å². The molecule has 1 aliphatic heterocycles. The van der Waals surface area contributed by atoms with Gasteiger partial charge in [-0.2, -0.15) is 5.10 Å². The van der Waals surface area contributed by atoms with Crippen molar-refractivity contribution in [2.24, 2.45) is 17.9 Å². The molecule has 124 valence electrons. The maximum absolute atomic E-state index is 6.11. The number of halogens is 1. The monoisotopic (exact) mass is 336 g/mol. The van der Waals surface area contributed by atoms with Crippen LogP contribution in [-0.2, 0) is 11.9 Å². The Morgan fingerprint density at radius 3 is 2.87 bits per heavy atom. The predicted molar refractivity (Wildman–Crippen MR) is 92.0 cm³/mol. The van der Waals surface area contributed by atoms with E-state index >= 15 is 0 Å². The smallest absolute Gasteiger partial charge is 0.169 e. The largest absolute Gasteiger partial charge is 0.486 e. The van der Waals surface area contributed by atoms with Crippen molar-refractivity contribution < 1.29 is 9.57 Å². The van der Waals surface area contributed by atoms with E-state index < -0.39 is 0 Å². The Morgan fingerprint density at radius 1 is 1.43 bits per heavy atom. The lowest BCUT2D eigenvalue weighted by atomic mass is 10.1. The number of rotatable bonds is 5. The molecule has 0 spiro atoms. The van der Waals surface area contributed by atoms with Crippen molar-refractivity contribution in [3.8, 4) is 16.9 Å². The summed E-state index contributed by atoms with van der Waals surface area (Å²) < 4.78 is 7.88. The minimum Gasteiger partial charge on any atom is -0.486 e. The molecular weight excluding hydrogens is 316 g/mol. The molecule has 0 aliphatic carbocycles. The number of oxime groups is 1. The fraction of sp³-hybridized carbons (Fsp3) is 0.375. The summed E-state index contributed by atoms with van der Waals surface area (Å²) in [5.41, 5.74) is 8.51. The number of aryl methyl sites for hydroxylation is 1. The summed E-state index contributed by atoms with van der Waals surface area (Å²) in [6.45, 7) is 2.41. The summed E-state index contributed by atoms with van der Waals surface area (Å²) in [5, 5.41) is 8.20. The molecule has 0 amide bonds. The van der Waals surface area contributed by atoms with Gasteiger partial charge in [0.05, 0.1) is 11.9 Å². The van der Waals surface area contributed by atoms with Crippen molar-refractivity contribution in [2.45, 2.75) is 25.6 Å². The first kappa shape index (κ1) is 17.3. The number of ether oxygens (including phenoxy) is 1. The van der Waals surface area contributed by atoms with E-state index in [1.54, 1.807) is 4.68 Å². The van der Waals surface area contributed by atoms with Crippen molar-refractivity contribution in [2.75, 3.05) is 6.54 Å². The minimum absolute atomic E-state index is 0. The molecule has 2 aromatic rings. The molecule has 0 saturated heterocycles.